The van der Waals surface area contributed by atoms with Gasteiger partial charge in [0.2, 0.25) is 5.15 Å². The topological polar surface area (TPSA) is 17.2 Å². The summed E-state index contributed by atoms with van der Waals surface area (Å²) in [6, 6.07) is 0. The van der Waals surface area contributed by atoms with E-state index in [1.165, 1.54) is 11.3 Å². The Hall–Kier alpha value is -0.590. The van der Waals surface area contributed by atoms with Crippen LogP contribution in [-0.2, 0) is 0 Å². The highest BCUT2D eigenvalue weighted by atomic mass is 35.5. The van der Waals surface area contributed by atoms with Crippen molar-refractivity contribution in [1.82, 2.24) is 4.98 Å². The van der Waals surface area contributed by atoms with Crippen LogP contribution in [0.5, 0.6) is 0 Å². The van der Waals surface area contributed by atoms with Gasteiger partial charge in [-0.25, -0.2) is 0 Å². The van der Waals surface area contributed by atoms with E-state index in [0.717, 1.165) is 0 Å². The molecule has 4 heteroatoms. The third-order valence-electron chi connectivity index (χ3n) is 0.560. The van der Waals surface area contributed by atoms with Gasteiger partial charge in [-0.05, 0) is 11.6 Å². The fourth-order valence-electron chi connectivity index (χ4n) is 0.297. The first kappa shape index (κ1) is 5.54. The van der Waals surface area contributed by atoms with E-state index in [9.17, 15) is 0 Å². The predicted molar refractivity (Wildman–Crippen MR) is 33.4 cm³/mol. The Morgan fingerprint density at radius 1 is 1.88 bits per heavy atom. The second kappa shape index (κ2) is 2.12. The lowest BCUT2D eigenvalue weighted by molar-refractivity contribution is 1.44. The highest BCUT2D eigenvalue weighted by Crippen LogP contribution is 2.20. The SMILES string of the molecule is [C-]#[N+]c1nc(Cl)cs1. The number of thiazole rings is 1. The van der Waals surface area contributed by atoms with Crippen LogP contribution in [-0.4, -0.2) is 4.98 Å². The minimum atomic E-state index is 0.398. The highest BCUT2D eigenvalue weighted by molar-refractivity contribution is 7.14. The lowest BCUT2D eigenvalue weighted by Gasteiger charge is -1.66. The van der Waals surface area contributed by atoms with Crippen LogP contribution in [0.3, 0.4) is 0 Å². The van der Waals surface area contributed by atoms with Crippen molar-refractivity contribution in [1.29, 1.82) is 0 Å². The Balaban J connectivity index is 3.05. The van der Waals surface area contributed by atoms with Gasteiger partial charge in [-0.3, -0.25) is 0 Å². The third-order valence-corrected chi connectivity index (χ3v) is 1.62. The molecule has 40 valence electrons. The van der Waals surface area contributed by atoms with Crippen molar-refractivity contribution in [3.63, 3.8) is 0 Å². The fraction of sp³-hybridized carbons (Fsp3) is 0. The van der Waals surface area contributed by atoms with Crippen LogP contribution in [0.1, 0.15) is 0 Å². The Morgan fingerprint density at radius 3 is 2.88 bits per heavy atom. The monoisotopic (exact) mass is 144 g/mol. The quantitative estimate of drug-likeness (QED) is 0.511. The summed E-state index contributed by atoms with van der Waals surface area (Å²) in [6.45, 7) is 6.47. The summed E-state index contributed by atoms with van der Waals surface area (Å²) in [5, 5.41) is 2.44. The summed E-state index contributed by atoms with van der Waals surface area (Å²) in [7, 11) is 0. The molecule has 2 nitrogen and oxygen atoms in total. The summed E-state index contributed by atoms with van der Waals surface area (Å²) < 4.78 is 0. The molecule has 0 bridgehead atoms. The molecule has 0 amide bonds. The molecule has 0 aromatic carbocycles. The fourth-order valence-corrected chi connectivity index (χ4v) is 1.02. The van der Waals surface area contributed by atoms with E-state index in [2.05, 4.69) is 9.83 Å². The number of hydrogen-bond donors (Lipinski definition) is 0. The molecule has 8 heavy (non-hydrogen) atoms. The second-order valence-corrected chi connectivity index (χ2v) is 2.29. The molecule has 0 aliphatic carbocycles. The van der Waals surface area contributed by atoms with E-state index >= 15 is 0 Å². The van der Waals surface area contributed by atoms with Crippen molar-refractivity contribution in [3.05, 3.63) is 22.0 Å². The minimum Gasteiger partial charge on any atom is -0.351 e. The van der Waals surface area contributed by atoms with Crippen molar-refractivity contribution >= 4 is 28.1 Å². The van der Waals surface area contributed by atoms with Crippen molar-refractivity contribution in [2.45, 2.75) is 0 Å². The van der Waals surface area contributed by atoms with Crippen molar-refractivity contribution in [3.8, 4) is 0 Å². The van der Waals surface area contributed by atoms with Gasteiger partial charge >= 0.3 is 5.13 Å². The first-order valence-corrected chi connectivity index (χ1v) is 3.07. The highest BCUT2D eigenvalue weighted by Gasteiger charge is 1.97. The Morgan fingerprint density at radius 2 is 2.62 bits per heavy atom. The van der Waals surface area contributed by atoms with E-state index in [1.54, 1.807) is 5.38 Å². The first-order valence-electron chi connectivity index (χ1n) is 1.81. The summed E-state index contributed by atoms with van der Waals surface area (Å²) >= 11 is 6.65. The van der Waals surface area contributed by atoms with Gasteiger partial charge in [0.05, 0.1) is 0 Å². The summed E-state index contributed by atoms with van der Waals surface area (Å²) in [4.78, 5) is 6.72. The van der Waals surface area contributed by atoms with E-state index in [1.807, 2.05) is 0 Å². The van der Waals surface area contributed by atoms with Crippen molar-refractivity contribution in [2.24, 2.45) is 0 Å². The van der Waals surface area contributed by atoms with Crippen LogP contribution in [0.15, 0.2) is 5.38 Å². The molecule has 0 fully saturated rings. The van der Waals surface area contributed by atoms with Crippen LogP contribution in [0.4, 0.5) is 5.13 Å². The standard InChI is InChI=1S/C4HClN2S/c1-6-4-7-3(5)2-8-4/h2H. The van der Waals surface area contributed by atoms with Gasteiger partial charge in [0.15, 0.2) is 0 Å². The minimum absolute atomic E-state index is 0.398. The van der Waals surface area contributed by atoms with E-state index in [0.29, 0.717) is 10.3 Å². The molecule has 0 aliphatic rings. The molecule has 1 aromatic rings. The third kappa shape index (κ3) is 0.971. The molecule has 0 atom stereocenters. The summed E-state index contributed by atoms with van der Waals surface area (Å²) in [5.74, 6) is 0. The van der Waals surface area contributed by atoms with Crippen LogP contribution in [0.25, 0.3) is 4.85 Å². The average Bonchev–Trinajstić information content (AvgIpc) is 2.14. The van der Waals surface area contributed by atoms with Crippen LogP contribution in [0.2, 0.25) is 5.15 Å². The zero-order valence-electron chi connectivity index (χ0n) is 3.76. The summed E-state index contributed by atoms with van der Waals surface area (Å²) in [6.07, 6.45) is 0. The first-order chi connectivity index (χ1) is 3.83. The second-order valence-electron chi connectivity index (χ2n) is 1.06. The molecule has 1 heterocycles. The molecule has 0 radical (unpaired) electrons. The zero-order chi connectivity index (χ0) is 5.98. The molecule has 0 spiro atoms. The lowest BCUT2D eigenvalue weighted by atomic mass is 11.0. The van der Waals surface area contributed by atoms with Gasteiger partial charge in [0.25, 0.3) is 0 Å². The maximum atomic E-state index is 6.47. The van der Waals surface area contributed by atoms with Gasteiger partial charge in [0, 0.05) is 5.38 Å². The number of aromatic nitrogens is 1. The molecule has 1 rings (SSSR count). The zero-order valence-corrected chi connectivity index (χ0v) is 5.33. The van der Waals surface area contributed by atoms with E-state index in [4.69, 9.17) is 18.2 Å². The van der Waals surface area contributed by atoms with Gasteiger partial charge in [-0.15, -0.1) is 11.3 Å². The van der Waals surface area contributed by atoms with Gasteiger partial charge < -0.3 is 4.85 Å². The molecule has 0 N–H and O–H groups in total. The maximum absolute atomic E-state index is 6.47. The Labute approximate surface area is 55.6 Å². The average molecular weight is 145 g/mol. The molecule has 0 aliphatic heterocycles. The van der Waals surface area contributed by atoms with E-state index in [-0.39, 0.29) is 0 Å². The van der Waals surface area contributed by atoms with Gasteiger partial charge in [-0.2, -0.15) is 0 Å². The van der Waals surface area contributed by atoms with Crippen LogP contribution < -0.4 is 0 Å². The molecular formula is C4HClN2S. The normalized spacial score (nSPS) is 8.50. The van der Waals surface area contributed by atoms with E-state index < -0.39 is 0 Å². The predicted octanol–water partition coefficient (Wildman–Crippen LogP) is 2.35. The number of halogens is 1. The van der Waals surface area contributed by atoms with Crippen molar-refractivity contribution < 1.29 is 0 Å². The van der Waals surface area contributed by atoms with Crippen LogP contribution >= 0.6 is 22.9 Å². The Bertz CT molecular complexity index is 224. The van der Waals surface area contributed by atoms with Gasteiger partial charge in [0.1, 0.15) is 0 Å². The Kier molecular flexibility index (Phi) is 1.47. The number of nitrogens with zero attached hydrogens (tertiary/aromatic N) is 2. The number of rotatable bonds is 0. The smallest absolute Gasteiger partial charge is 0.330 e. The summed E-state index contributed by atoms with van der Waals surface area (Å²) in [5.41, 5.74) is 0. The maximum Gasteiger partial charge on any atom is 0.330 e. The molecule has 0 unspecified atom stereocenters. The lowest BCUT2D eigenvalue weighted by Crippen LogP contribution is -1.53. The number of hydrogen-bond acceptors (Lipinski definition) is 2. The van der Waals surface area contributed by atoms with Crippen molar-refractivity contribution in [2.75, 3.05) is 0 Å². The largest absolute Gasteiger partial charge is 0.351 e. The van der Waals surface area contributed by atoms with Gasteiger partial charge in [-0.1, -0.05) is 11.6 Å². The molecular weight excluding hydrogens is 144 g/mol. The molecule has 1 aromatic heterocycles. The van der Waals surface area contributed by atoms with Crippen LogP contribution in [0, 0.1) is 6.57 Å². The molecule has 0 saturated heterocycles. The molecule has 0 saturated carbocycles.